The Kier molecular flexibility index (Phi) is 3.34. The summed E-state index contributed by atoms with van der Waals surface area (Å²) in [6.07, 6.45) is 3.54. The molecular weight excluding hydrogens is 154 g/mol. The molecule has 0 aromatic heterocycles. The standard InChI is InChI=1S/C8H17N3O/c1-2-3-7-4-5-11(6-7)8(12)10-9/h7H,2-6,9H2,1H3,(H,10,12). The highest BCUT2D eigenvalue weighted by Crippen LogP contribution is 2.20. The molecule has 0 aromatic carbocycles. The maximum Gasteiger partial charge on any atom is 0.331 e. The van der Waals surface area contributed by atoms with E-state index in [-0.39, 0.29) is 6.03 Å². The molecule has 4 nitrogen and oxygen atoms in total. The number of amides is 2. The first-order valence-electron chi connectivity index (χ1n) is 4.53. The number of hydrazine groups is 1. The molecule has 0 spiro atoms. The third-order valence-electron chi connectivity index (χ3n) is 2.39. The minimum Gasteiger partial charge on any atom is -0.323 e. The first-order valence-corrected chi connectivity index (χ1v) is 4.53. The molecule has 0 radical (unpaired) electrons. The number of carbonyl (C=O) groups excluding carboxylic acids is 1. The van der Waals surface area contributed by atoms with Crippen LogP contribution >= 0.6 is 0 Å². The third-order valence-corrected chi connectivity index (χ3v) is 2.39. The number of nitrogens with zero attached hydrogens (tertiary/aromatic N) is 1. The summed E-state index contributed by atoms with van der Waals surface area (Å²) < 4.78 is 0. The van der Waals surface area contributed by atoms with Crippen LogP contribution in [0.5, 0.6) is 0 Å². The average molecular weight is 171 g/mol. The summed E-state index contributed by atoms with van der Waals surface area (Å²) in [6, 6.07) is -0.145. The highest BCUT2D eigenvalue weighted by Gasteiger charge is 2.24. The van der Waals surface area contributed by atoms with Gasteiger partial charge in [-0.25, -0.2) is 10.6 Å². The van der Waals surface area contributed by atoms with Gasteiger partial charge in [0, 0.05) is 13.1 Å². The van der Waals surface area contributed by atoms with Gasteiger partial charge < -0.3 is 4.90 Å². The molecule has 4 heteroatoms. The molecule has 1 fully saturated rings. The molecule has 12 heavy (non-hydrogen) atoms. The molecule has 0 aliphatic carbocycles. The Hall–Kier alpha value is -0.770. The van der Waals surface area contributed by atoms with Crippen LogP contribution < -0.4 is 11.3 Å². The fourth-order valence-electron chi connectivity index (χ4n) is 1.75. The number of hydrogen-bond donors (Lipinski definition) is 2. The van der Waals surface area contributed by atoms with Crippen LogP contribution in [-0.4, -0.2) is 24.0 Å². The number of carbonyl (C=O) groups is 1. The highest BCUT2D eigenvalue weighted by atomic mass is 16.2. The fourth-order valence-corrected chi connectivity index (χ4v) is 1.75. The van der Waals surface area contributed by atoms with E-state index in [4.69, 9.17) is 5.84 Å². The summed E-state index contributed by atoms with van der Waals surface area (Å²) in [7, 11) is 0. The van der Waals surface area contributed by atoms with Gasteiger partial charge in [-0.05, 0) is 18.8 Å². The first-order chi connectivity index (χ1) is 5.77. The predicted octanol–water partition coefficient (Wildman–Crippen LogP) is 0.692. The molecule has 1 atom stereocenters. The van der Waals surface area contributed by atoms with Crippen molar-refractivity contribution in [2.45, 2.75) is 26.2 Å². The van der Waals surface area contributed by atoms with Crippen molar-refractivity contribution in [3.8, 4) is 0 Å². The number of likely N-dealkylation sites (tertiary alicyclic amines) is 1. The summed E-state index contributed by atoms with van der Waals surface area (Å²) in [5.41, 5.74) is 2.16. The third kappa shape index (κ3) is 2.11. The van der Waals surface area contributed by atoms with Crippen molar-refractivity contribution in [2.75, 3.05) is 13.1 Å². The Morgan fingerprint density at radius 1 is 1.75 bits per heavy atom. The van der Waals surface area contributed by atoms with Crippen molar-refractivity contribution >= 4 is 6.03 Å². The lowest BCUT2D eigenvalue weighted by Gasteiger charge is -2.14. The van der Waals surface area contributed by atoms with Gasteiger partial charge in [-0.2, -0.15) is 0 Å². The first kappa shape index (κ1) is 9.32. The molecule has 2 amide bonds. The van der Waals surface area contributed by atoms with E-state index in [0.29, 0.717) is 5.92 Å². The Morgan fingerprint density at radius 2 is 2.50 bits per heavy atom. The van der Waals surface area contributed by atoms with Gasteiger partial charge in [-0.15, -0.1) is 0 Å². The smallest absolute Gasteiger partial charge is 0.323 e. The molecule has 1 saturated heterocycles. The van der Waals surface area contributed by atoms with Crippen molar-refractivity contribution in [3.63, 3.8) is 0 Å². The summed E-state index contributed by atoms with van der Waals surface area (Å²) in [6.45, 7) is 3.90. The lowest BCUT2D eigenvalue weighted by molar-refractivity contribution is 0.207. The van der Waals surface area contributed by atoms with Crippen LogP contribution in [0, 0.1) is 5.92 Å². The molecule has 1 heterocycles. The minimum atomic E-state index is -0.145. The van der Waals surface area contributed by atoms with Crippen molar-refractivity contribution in [3.05, 3.63) is 0 Å². The van der Waals surface area contributed by atoms with E-state index in [1.165, 1.54) is 12.8 Å². The maximum absolute atomic E-state index is 11.1. The van der Waals surface area contributed by atoms with E-state index in [1.54, 1.807) is 4.90 Å². The van der Waals surface area contributed by atoms with Crippen LogP contribution in [0.3, 0.4) is 0 Å². The van der Waals surface area contributed by atoms with E-state index in [1.807, 2.05) is 0 Å². The monoisotopic (exact) mass is 171 g/mol. The highest BCUT2D eigenvalue weighted by molar-refractivity contribution is 5.73. The number of hydrogen-bond acceptors (Lipinski definition) is 2. The van der Waals surface area contributed by atoms with E-state index >= 15 is 0 Å². The van der Waals surface area contributed by atoms with Crippen molar-refractivity contribution in [1.29, 1.82) is 0 Å². The fraction of sp³-hybridized carbons (Fsp3) is 0.875. The minimum absolute atomic E-state index is 0.145. The molecule has 1 rings (SSSR count). The topological polar surface area (TPSA) is 58.4 Å². The Bertz CT molecular complexity index is 160. The number of rotatable bonds is 2. The largest absolute Gasteiger partial charge is 0.331 e. The van der Waals surface area contributed by atoms with E-state index in [0.717, 1.165) is 19.5 Å². The normalized spacial score (nSPS) is 22.8. The molecule has 70 valence electrons. The second-order valence-corrected chi connectivity index (χ2v) is 3.34. The Labute approximate surface area is 73.1 Å². The van der Waals surface area contributed by atoms with Gasteiger partial charge in [0.05, 0.1) is 0 Å². The van der Waals surface area contributed by atoms with Crippen LogP contribution in [-0.2, 0) is 0 Å². The predicted molar refractivity (Wildman–Crippen MR) is 47.3 cm³/mol. The zero-order chi connectivity index (χ0) is 8.97. The van der Waals surface area contributed by atoms with Gasteiger partial charge in [0.25, 0.3) is 0 Å². The Balaban J connectivity index is 2.30. The van der Waals surface area contributed by atoms with Gasteiger partial charge in [0.1, 0.15) is 0 Å². The molecule has 1 aliphatic rings. The summed E-state index contributed by atoms with van der Waals surface area (Å²) >= 11 is 0. The van der Waals surface area contributed by atoms with Gasteiger partial charge in [0.2, 0.25) is 0 Å². The van der Waals surface area contributed by atoms with E-state index in [2.05, 4.69) is 12.3 Å². The van der Waals surface area contributed by atoms with Crippen LogP contribution in [0.4, 0.5) is 4.79 Å². The van der Waals surface area contributed by atoms with Gasteiger partial charge in [-0.3, -0.25) is 5.43 Å². The average Bonchev–Trinajstić information content (AvgIpc) is 2.52. The molecule has 0 bridgehead atoms. The Morgan fingerprint density at radius 3 is 3.08 bits per heavy atom. The van der Waals surface area contributed by atoms with Gasteiger partial charge in [-0.1, -0.05) is 13.3 Å². The number of nitrogens with two attached hydrogens (primary N) is 1. The van der Waals surface area contributed by atoms with E-state index in [9.17, 15) is 4.79 Å². The lowest BCUT2D eigenvalue weighted by atomic mass is 10.0. The van der Waals surface area contributed by atoms with E-state index < -0.39 is 0 Å². The summed E-state index contributed by atoms with van der Waals surface area (Å²) in [4.78, 5) is 12.8. The molecule has 0 saturated carbocycles. The summed E-state index contributed by atoms with van der Waals surface area (Å²) in [5, 5.41) is 0. The molecule has 1 unspecified atom stereocenters. The molecular formula is C8H17N3O. The lowest BCUT2D eigenvalue weighted by Crippen LogP contribution is -2.42. The zero-order valence-corrected chi connectivity index (χ0v) is 7.55. The summed E-state index contributed by atoms with van der Waals surface area (Å²) in [5.74, 6) is 5.72. The molecule has 0 aromatic rings. The quantitative estimate of drug-likeness (QED) is 0.365. The van der Waals surface area contributed by atoms with Crippen molar-refractivity contribution in [1.82, 2.24) is 10.3 Å². The molecule has 1 aliphatic heterocycles. The van der Waals surface area contributed by atoms with Crippen molar-refractivity contribution < 1.29 is 4.79 Å². The number of nitrogens with one attached hydrogen (secondary N) is 1. The maximum atomic E-state index is 11.1. The SMILES string of the molecule is CCCC1CCN(C(=O)NN)C1. The van der Waals surface area contributed by atoms with Gasteiger partial charge >= 0.3 is 6.03 Å². The van der Waals surface area contributed by atoms with Crippen LogP contribution in [0.25, 0.3) is 0 Å². The zero-order valence-electron chi connectivity index (χ0n) is 7.55. The van der Waals surface area contributed by atoms with Gasteiger partial charge in [0.15, 0.2) is 0 Å². The van der Waals surface area contributed by atoms with Crippen LogP contribution in [0.2, 0.25) is 0 Å². The van der Waals surface area contributed by atoms with Crippen molar-refractivity contribution in [2.24, 2.45) is 11.8 Å². The van der Waals surface area contributed by atoms with Crippen LogP contribution in [0.1, 0.15) is 26.2 Å². The molecule has 3 N–H and O–H groups in total. The second kappa shape index (κ2) is 4.30. The van der Waals surface area contributed by atoms with Crippen LogP contribution in [0.15, 0.2) is 0 Å². The second-order valence-electron chi connectivity index (χ2n) is 3.34. The number of urea groups is 1.